The normalized spacial score (nSPS) is 11.7. The number of carbonyl (C=O) groups excluding carboxylic acids is 1. The summed E-state index contributed by atoms with van der Waals surface area (Å²) < 4.78 is 4.41. The molecule has 39 heavy (non-hydrogen) atoms. The zero-order valence-corrected chi connectivity index (χ0v) is 22.9. The van der Waals surface area contributed by atoms with E-state index in [0.717, 1.165) is 33.9 Å². The average Bonchev–Trinajstić information content (AvgIpc) is 3.47. The Morgan fingerprint density at radius 1 is 0.923 bits per heavy atom. The second kappa shape index (κ2) is 11.0. The van der Waals surface area contributed by atoms with Crippen LogP contribution in [0.5, 0.6) is 0 Å². The number of aromatic nitrogens is 3. The van der Waals surface area contributed by atoms with Crippen LogP contribution in [0.3, 0.4) is 0 Å². The summed E-state index contributed by atoms with van der Waals surface area (Å²) in [6.07, 6.45) is 1.69. The van der Waals surface area contributed by atoms with E-state index < -0.39 is 0 Å². The number of nitrogens with zero attached hydrogens (tertiary/aromatic N) is 4. The van der Waals surface area contributed by atoms with Crippen molar-refractivity contribution in [3.8, 4) is 0 Å². The fourth-order valence-electron chi connectivity index (χ4n) is 4.95. The van der Waals surface area contributed by atoms with Gasteiger partial charge in [-0.05, 0) is 54.4 Å². The van der Waals surface area contributed by atoms with Crippen molar-refractivity contribution in [2.45, 2.75) is 25.2 Å². The molecule has 194 valence electrons. The molecule has 0 bridgehead atoms. The van der Waals surface area contributed by atoms with Crippen molar-refractivity contribution in [3.63, 3.8) is 0 Å². The van der Waals surface area contributed by atoms with Gasteiger partial charge in [-0.15, -0.1) is 0 Å². The van der Waals surface area contributed by atoms with Gasteiger partial charge in [-0.1, -0.05) is 78.0 Å². The molecule has 2 heterocycles. The summed E-state index contributed by atoms with van der Waals surface area (Å²) in [7, 11) is 0. The molecule has 4 aromatic carbocycles. The van der Waals surface area contributed by atoms with Crippen molar-refractivity contribution in [3.05, 3.63) is 107 Å². The van der Waals surface area contributed by atoms with Gasteiger partial charge in [0.25, 0.3) is 5.91 Å². The van der Waals surface area contributed by atoms with Gasteiger partial charge >= 0.3 is 0 Å². The van der Waals surface area contributed by atoms with E-state index in [9.17, 15) is 4.79 Å². The molecule has 0 aliphatic carbocycles. The Hall–Kier alpha value is -4.07. The number of hydrogen-bond acceptors (Lipinski definition) is 4. The van der Waals surface area contributed by atoms with Crippen LogP contribution in [0.2, 0.25) is 5.02 Å². The summed E-state index contributed by atoms with van der Waals surface area (Å²) in [5.41, 5.74) is 8.87. The van der Waals surface area contributed by atoms with Crippen LogP contribution in [0, 0.1) is 0 Å². The first-order chi connectivity index (χ1) is 19.1. The Morgan fingerprint density at radius 2 is 1.67 bits per heavy atom. The quantitative estimate of drug-likeness (QED) is 0.124. The first-order valence-corrected chi connectivity index (χ1v) is 14.1. The maximum Gasteiger partial charge on any atom is 0.250 e. The van der Waals surface area contributed by atoms with Gasteiger partial charge in [0.05, 0.1) is 29.5 Å². The predicted molar refractivity (Wildman–Crippen MR) is 162 cm³/mol. The first kappa shape index (κ1) is 25.2. The van der Waals surface area contributed by atoms with E-state index in [1.54, 1.807) is 6.21 Å². The molecule has 2 aromatic heterocycles. The van der Waals surface area contributed by atoms with Crippen LogP contribution >= 0.6 is 23.4 Å². The van der Waals surface area contributed by atoms with Crippen LogP contribution in [0.25, 0.3) is 32.8 Å². The van der Waals surface area contributed by atoms with E-state index in [0.29, 0.717) is 11.6 Å². The molecule has 0 radical (unpaired) electrons. The maximum atomic E-state index is 12.7. The van der Waals surface area contributed by atoms with Crippen LogP contribution in [0.1, 0.15) is 18.1 Å². The van der Waals surface area contributed by atoms with Crippen molar-refractivity contribution in [1.29, 1.82) is 0 Å². The predicted octanol–water partition coefficient (Wildman–Crippen LogP) is 7.11. The molecule has 8 heteroatoms. The minimum absolute atomic E-state index is 0.187. The van der Waals surface area contributed by atoms with E-state index in [-0.39, 0.29) is 11.7 Å². The molecule has 0 spiro atoms. The van der Waals surface area contributed by atoms with Crippen molar-refractivity contribution >= 4 is 68.3 Å². The van der Waals surface area contributed by atoms with E-state index in [1.165, 1.54) is 33.6 Å². The average molecular weight is 552 g/mol. The fourth-order valence-corrected chi connectivity index (χ4v) is 5.95. The summed E-state index contributed by atoms with van der Waals surface area (Å²) in [5.74, 6) is -0.0112. The van der Waals surface area contributed by atoms with Crippen molar-refractivity contribution in [2.24, 2.45) is 5.10 Å². The third-order valence-electron chi connectivity index (χ3n) is 6.75. The van der Waals surface area contributed by atoms with E-state index in [4.69, 9.17) is 16.6 Å². The van der Waals surface area contributed by atoms with E-state index in [1.807, 2.05) is 54.6 Å². The molecule has 6 rings (SSSR count). The van der Waals surface area contributed by atoms with Crippen molar-refractivity contribution in [2.75, 3.05) is 5.75 Å². The lowest BCUT2D eigenvalue weighted by Crippen LogP contribution is -2.20. The summed E-state index contributed by atoms with van der Waals surface area (Å²) in [6, 6.07) is 30.4. The third-order valence-corrected chi connectivity index (χ3v) is 8.10. The second-order valence-corrected chi connectivity index (χ2v) is 10.5. The number of nitrogens with one attached hydrogen (secondary N) is 1. The molecule has 1 amide bonds. The van der Waals surface area contributed by atoms with Crippen LogP contribution in [0.4, 0.5) is 0 Å². The summed E-state index contributed by atoms with van der Waals surface area (Å²) in [6.45, 7) is 3.62. The van der Waals surface area contributed by atoms with Crippen LogP contribution < -0.4 is 5.43 Å². The van der Waals surface area contributed by atoms with E-state index >= 15 is 0 Å². The molecule has 0 atom stereocenters. The number of thioether (sulfide) groups is 1. The van der Waals surface area contributed by atoms with Gasteiger partial charge in [0.1, 0.15) is 0 Å². The van der Waals surface area contributed by atoms with Crippen molar-refractivity contribution < 1.29 is 4.79 Å². The van der Waals surface area contributed by atoms with Crippen LogP contribution in [0.15, 0.2) is 101 Å². The molecule has 0 saturated heterocycles. The lowest BCUT2D eigenvalue weighted by Gasteiger charge is -2.10. The molecule has 0 unspecified atom stereocenters. The van der Waals surface area contributed by atoms with Gasteiger partial charge in [0.15, 0.2) is 5.16 Å². The van der Waals surface area contributed by atoms with Crippen LogP contribution in [-0.2, 0) is 17.9 Å². The minimum Gasteiger partial charge on any atom is -0.341 e. The molecular formula is C31H26ClN5OS. The Labute approximate surface area is 235 Å². The highest BCUT2D eigenvalue weighted by Crippen LogP contribution is 2.30. The Kier molecular flexibility index (Phi) is 7.09. The number of carbonyl (C=O) groups is 1. The molecule has 0 fully saturated rings. The first-order valence-electron chi connectivity index (χ1n) is 12.8. The van der Waals surface area contributed by atoms with Crippen LogP contribution in [-0.4, -0.2) is 32.0 Å². The van der Waals surface area contributed by atoms with Gasteiger partial charge in [0.2, 0.25) is 0 Å². The lowest BCUT2D eigenvalue weighted by molar-refractivity contribution is -0.118. The SMILES string of the molecule is CCn1c2ccccc2c2cc(C=NNC(=O)CSc3nc4ccccc4n3Cc3ccccc3Cl)ccc21. The number of amides is 1. The number of rotatable bonds is 8. The van der Waals surface area contributed by atoms with Gasteiger partial charge in [0, 0.05) is 33.4 Å². The minimum atomic E-state index is -0.198. The maximum absolute atomic E-state index is 12.7. The number of benzene rings is 4. The number of hydrazone groups is 1. The highest BCUT2D eigenvalue weighted by Gasteiger charge is 2.14. The summed E-state index contributed by atoms with van der Waals surface area (Å²) >= 11 is 7.81. The van der Waals surface area contributed by atoms with E-state index in [2.05, 4.69) is 63.0 Å². The largest absolute Gasteiger partial charge is 0.341 e. The highest BCUT2D eigenvalue weighted by atomic mass is 35.5. The van der Waals surface area contributed by atoms with Gasteiger partial charge in [-0.25, -0.2) is 10.4 Å². The molecule has 6 nitrogen and oxygen atoms in total. The molecule has 6 aromatic rings. The third kappa shape index (κ3) is 5.03. The highest BCUT2D eigenvalue weighted by molar-refractivity contribution is 7.99. The Morgan fingerprint density at radius 3 is 2.51 bits per heavy atom. The standard InChI is InChI=1S/C31H26ClN5OS/c1-2-36-27-13-7-4-10-23(27)24-17-21(15-16-28(24)36)18-33-35-30(38)20-39-31-34-26-12-6-8-14-29(26)37(31)19-22-9-3-5-11-25(22)32/h3-18H,2,19-20H2,1H3,(H,35,38). The number of imidazole rings is 1. The molecular weight excluding hydrogens is 526 g/mol. The molecule has 0 aliphatic heterocycles. The van der Waals surface area contributed by atoms with Gasteiger partial charge in [-0.3, -0.25) is 4.79 Å². The Balaban J connectivity index is 1.16. The number of para-hydroxylation sites is 3. The smallest absolute Gasteiger partial charge is 0.250 e. The zero-order chi connectivity index (χ0) is 26.8. The van der Waals surface area contributed by atoms with Crippen molar-refractivity contribution in [1.82, 2.24) is 19.5 Å². The summed E-state index contributed by atoms with van der Waals surface area (Å²) in [4.78, 5) is 17.4. The topological polar surface area (TPSA) is 64.2 Å². The summed E-state index contributed by atoms with van der Waals surface area (Å²) in [5, 5.41) is 8.07. The zero-order valence-electron chi connectivity index (χ0n) is 21.3. The van der Waals surface area contributed by atoms with Gasteiger partial charge in [-0.2, -0.15) is 5.10 Å². The molecule has 0 aliphatic rings. The lowest BCUT2D eigenvalue weighted by atomic mass is 10.1. The fraction of sp³-hybridized carbons (Fsp3) is 0.129. The second-order valence-electron chi connectivity index (χ2n) is 9.18. The number of hydrogen-bond donors (Lipinski definition) is 1. The monoisotopic (exact) mass is 551 g/mol. The molecule has 0 saturated carbocycles. The molecule has 1 N–H and O–H groups in total. The van der Waals surface area contributed by atoms with Gasteiger partial charge < -0.3 is 9.13 Å². The number of halogens is 1. The Bertz CT molecular complexity index is 1850. The number of fused-ring (bicyclic) bond motifs is 4. The number of aryl methyl sites for hydroxylation is 1.